The first-order valence-electron chi connectivity index (χ1n) is 5.52. The minimum Gasteiger partial charge on any atom is -0.246 e. The van der Waals surface area contributed by atoms with Crippen molar-refractivity contribution in [2.24, 2.45) is 0 Å². The Balaban J connectivity index is 2.94. The monoisotopic (exact) mass is 220 g/mol. The molecule has 2 aromatic heterocycles. The molecule has 0 aliphatic rings. The van der Waals surface area contributed by atoms with Gasteiger partial charge in [-0.1, -0.05) is 20.8 Å². The molecule has 5 nitrogen and oxygen atoms in total. The highest BCUT2D eigenvalue weighted by Gasteiger charge is 2.15. The van der Waals surface area contributed by atoms with E-state index in [0.717, 1.165) is 23.5 Å². The van der Waals surface area contributed by atoms with Gasteiger partial charge in [0, 0.05) is 17.2 Å². The number of hydrogen-bond acceptors (Lipinski definition) is 3. The normalized spacial score (nSPS) is 11.6. The minimum absolute atomic E-state index is 0.197. The Kier molecular flexibility index (Phi) is 2.53. The van der Waals surface area contributed by atoms with Crippen molar-refractivity contribution in [1.82, 2.24) is 19.6 Å². The first-order chi connectivity index (χ1) is 7.56. The highest BCUT2D eigenvalue weighted by Crippen LogP contribution is 2.17. The molecule has 0 amide bonds. The van der Waals surface area contributed by atoms with Crippen molar-refractivity contribution in [3.8, 4) is 0 Å². The Morgan fingerprint density at radius 3 is 2.69 bits per heavy atom. The van der Waals surface area contributed by atoms with E-state index in [2.05, 4.69) is 15.2 Å². The summed E-state index contributed by atoms with van der Waals surface area (Å²) >= 11 is 0. The van der Waals surface area contributed by atoms with Crippen molar-refractivity contribution in [2.75, 3.05) is 0 Å². The third-order valence-electron chi connectivity index (χ3n) is 2.76. The van der Waals surface area contributed by atoms with Gasteiger partial charge >= 0.3 is 5.69 Å². The second kappa shape index (κ2) is 3.73. The number of rotatable bonds is 2. The molecule has 0 fully saturated rings. The van der Waals surface area contributed by atoms with Crippen LogP contribution in [0.5, 0.6) is 0 Å². The van der Waals surface area contributed by atoms with Gasteiger partial charge in [-0.25, -0.2) is 19.3 Å². The number of nitrogens with zero attached hydrogens (tertiary/aromatic N) is 3. The van der Waals surface area contributed by atoms with Crippen LogP contribution in [-0.2, 0) is 6.42 Å². The molecule has 16 heavy (non-hydrogen) atoms. The van der Waals surface area contributed by atoms with Gasteiger partial charge in [-0.05, 0) is 13.3 Å². The van der Waals surface area contributed by atoms with Crippen molar-refractivity contribution >= 4 is 5.65 Å². The SMILES string of the molecule is CCc1c(C)nc(C(C)C)n2c(=O)[nH]nc12. The molecule has 5 heteroatoms. The van der Waals surface area contributed by atoms with Crippen molar-refractivity contribution in [3.63, 3.8) is 0 Å². The van der Waals surface area contributed by atoms with Gasteiger partial charge < -0.3 is 0 Å². The predicted molar refractivity (Wildman–Crippen MR) is 61.8 cm³/mol. The Labute approximate surface area is 93.5 Å². The topological polar surface area (TPSA) is 63.1 Å². The van der Waals surface area contributed by atoms with Crippen LogP contribution in [0.1, 0.15) is 43.8 Å². The summed E-state index contributed by atoms with van der Waals surface area (Å²) in [5.41, 5.74) is 2.49. The highest BCUT2D eigenvalue weighted by molar-refractivity contribution is 5.49. The molecule has 0 spiro atoms. The zero-order valence-electron chi connectivity index (χ0n) is 10.0. The molecule has 0 atom stereocenters. The average molecular weight is 220 g/mol. The van der Waals surface area contributed by atoms with E-state index in [4.69, 9.17) is 0 Å². The lowest BCUT2D eigenvalue weighted by Gasteiger charge is -2.11. The number of aromatic amines is 1. The second-order valence-corrected chi connectivity index (χ2v) is 4.23. The Morgan fingerprint density at radius 2 is 2.12 bits per heavy atom. The number of aromatic nitrogens is 4. The lowest BCUT2D eigenvalue weighted by Crippen LogP contribution is -2.18. The molecule has 0 aromatic carbocycles. The third-order valence-corrected chi connectivity index (χ3v) is 2.76. The van der Waals surface area contributed by atoms with E-state index in [-0.39, 0.29) is 11.6 Å². The van der Waals surface area contributed by atoms with Crippen LogP contribution in [0.4, 0.5) is 0 Å². The van der Waals surface area contributed by atoms with E-state index in [9.17, 15) is 4.79 Å². The highest BCUT2D eigenvalue weighted by atomic mass is 16.1. The van der Waals surface area contributed by atoms with Gasteiger partial charge in [0.15, 0.2) is 5.65 Å². The second-order valence-electron chi connectivity index (χ2n) is 4.23. The fourth-order valence-corrected chi connectivity index (χ4v) is 1.96. The van der Waals surface area contributed by atoms with Gasteiger partial charge in [0.1, 0.15) is 5.82 Å². The van der Waals surface area contributed by atoms with Crippen molar-refractivity contribution in [2.45, 2.75) is 40.0 Å². The quantitative estimate of drug-likeness (QED) is 0.832. The Bertz CT molecular complexity index is 579. The van der Waals surface area contributed by atoms with Crippen LogP contribution in [0.25, 0.3) is 5.65 Å². The van der Waals surface area contributed by atoms with Gasteiger partial charge in [0.2, 0.25) is 0 Å². The summed E-state index contributed by atoms with van der Waals surface area (Å²) in [6.07, 6.45) is 0.824. The van der Waals surface area contributed by atoms with E-state index in [1.807, 2.05) is 27.7 Å². The summed E-state index contributed by atoms with van der Waals surface area (Å²) in [5, 5.41) is 6.57. The predicted octanol–water partition coefficient (Wildman–Crippen LogP) is 1.41. The van der Waals surface area contributed by atoms with E-state index >= 15 is 0 Å². The molecule has 0 unspecified atom stereocenters. The smallest absolute Gasteiger partial charge is 0.246 e. The number of fused-ring (bicyclic) bond motifs is 1. The third kappa shape index (κ3) is 1.43. The minimum atomic E-state index is -0.207. The van der Waals surface area contributed by atoms with Gasteiger partial charge in [-0.2, -0.15) is 5.10 Å². The molecule has 86 valence electrons. The first kappa shape index (κ1) is 10.9. The van der Waals surface area contributed by atoms with Crippen LogP contribution in [0.2, 0.25) is 0 Å². The molecule has 2 rings (SSSR count). The first-order valence-corrected chi connectivity index (χ1v) is 5.52. The van der Waals surface area contributed by atoms with Crippen molar-refractivity contribution in [1.29, 1.82) is 0 Å². The van der Waals surface area contributed by atoms with Crippen molar-refractivity contribution < 1.29 is 0 Å². The van der Waals surface area contributed by atoms with Gasteiger partial charge in [-0.3, -0.25) is 0 Å². The van der Waals surface area contributed by atoms with Crippen LogP contribution in [0.15, 0.2) is 4.79 Å². The largest absolute Gasteiger partial charge is 0.349 e. The maximum absolute atomic E-state index is 11.7. The maximum Gasteiger partial charge on any atom is 0.349 e. The Morgan fingerprint density at radius 1 is 1.44 bits per heavy atom. The van der Waals surface area contributed by atoms with Gasteiger partial charge in [0.25, 0.3) is 0 Å². The molecular formula is C11H16N4O. The van der Waals surface area contributed by atoms with Crippen LogP contribution >= 0.6 is 0 Å². The summed E-state index contributed by atoms with van der Waals surface area (Å²) in [6, 6.07) is 0. The summed E-state index contributed by atoms with van der Waals surface area (Å²) in [5.74, 6) is 0.964. The maximum atomic E-state index is 11.7. The number of H-pyrrole nitrogens is 1. The van der Waals surface area contributed by atoms with E-state index < -0.39 is 0 Å². The molecule has 0 bridgehead atoms. The number of aryl methyl sites for hydroxylation is 2. The molecule has 0 aliphatic heterocycles. The molecule has 0 aliphatic carbocycles. The number of nitrogens with one attached hydrogen (secondary N) is 1. The molecule has 2 aromatic rings. The number of hydrogen-bond donors (Lipinski definition) is 1. The van der Waals surface area contributed by atoms with E-state index in [0.29, 0.717) is 5.65 Å². The zero-order chi connectivity index (χ0) is 11.9. The molecular weight excluding hydrogens is 204 g/mol. The lowest BCUT2D eigenvalue weighted by atomic mass is 10.1. The molecule has 0 radical (unpaired) electrons. The summed E-state index contributed by atoms with van der Waals surface area (Å²) in [7, 11) is 0. The van der Waals surface area contributed by atoms with Crippen LogP contribution in [0.3, 0.4) is 0 Å². The average Bonchev–Trinajstić information content (AvgIpc) is 2.59. The van der Waals surface area contributed by atoms with Gasteiger partial charge in [0.05, 0.1) is 0 Å². The summed E-state index contributed by atoms with van der Waals surface area (Å²) in [4.78, 5) is 16.2. The summed E-state index contributed by atoms with van der Waals surface area (Å²) in [6.45, 7) is 8.04. The lowest BCUT2D eigenvalue weighted by molar-refractivity contribution is 0.729. The van der Waals surface area contributed by atoms with Crippen LogP contribution in [0, 0.1) is 6.92 Å². The molecule has 0 saturated heterocycles. The van der Waals surface area contributed by atoms with Gasteiger partial charge in [-0.15, -0.1) is 0 Å². The Hall–Kier alpha value is -1.65. The van der Waals surface area contributed by atoms with E-state index in [1.54, 1.807) is 4.40 Å². The van der Waals surface area contributed by atoms with E-state index in [1.165, 1.54) is 0 Å². The molecule has 0 saturated carbocycles. The fraction of sp³-hybridized carbons (Fsp3) is 0.545. The molecule has 2 heterocycles. The zero-order valence-corrected chi connectivity index (χ0v) is 10.0. The van der Waals surface area contributed by atoms with Crippen molar-refractivity contribution in [3.05, 3.63) is 27.6 Å². The summed E-state index contributed by atoms with van der Waals surface area (Å²) < 4.78 is 1.58. The van der Waals surface area contributed by atoms with Crippen LogP contribution in [-0.4, -0.2) is 19.6 Å². The standard InChI is InChI=1S/C11H16N4O/c1-5-8-7(4)12-9(6(2)3)15-10(8)13-14-11(15)16/h6H,5H2,1-4H3,(H,14,16). The fourth-order valence-electron chi connectivity index (χ4n) is 1.96. The van der Waals surface area contributed by atoms with Crippen LogP contribution < -0.4 is 5.69 Å². The molecule has 1 N–H and O–H groups in total.